The minimum absolute atomic E-state index is 0.501. The average Bonchev–Trinajstić information content (AvgIpc) is 3.24. The molecule has 3 N–H and O–H groups in total. The molecule has 0 spiro atoms. The number of rotatable bonds is 8. The minimum Gasteiger partial charge on any atom is -0.385 e. The summed E-state index contributed by atoms with van der Waals surface area (Å²) in [6.45, 7) is 6.99. The van der Waals surface area contributed by atoms with Crippen LogP contribution < -0.4 is 20.9 Å². The van der Waals surface area contributed by atoms with E-state index in [0.29, 0.717) is 6.04 Å². The van der Waals surface area contributed by atoms with E-state index in [0.717, 1.165) is 57.9 Å². The van der Waals surface area contributed by atoms with Gasteiger partial charge in [0.2, 0.25) is 0 Å². The molecule has 0 unspecified atom stereocenters. The van der Waals surface area contributed by atoms with Gasteiger partial charge in [0, 0.05) is 44.5 Å². The molecule has 0 bridgehead atoms. The van der Waals surface area contributed by atoms with Crippen molar-refractivity contribution in [2.75, 3.05) is 42.9 Å². The first-order chi connectivity index (χ1) is 13.3. The largest absolute Gasteiger partial charge is 0.385 e. The SMILES string of the molecule is CCNC(=NCCCNc1ccccc1)NC1CCN(c2cccs2)CC1. The van der Waals surface area contributed by atoms with E-state index in [1.165, 1.54) is 10.7 Å². The molecule has 3 rings (SSSR count). The molecule has 27 heavy (non-hydrogen) atoms. The van der Waals surface area contributed by atoms with Gasteiger partial charge in [-0.2, -0.15) is 0 Å². The van der Waals surface area contributed by atoms with Crippen LogP contribution in [0.15, 0.2) is 52.8 Å². The van der Waals surface area contributed by atoms with E-state index in [2.05, 4.69) is 69.6 Å². The Morgan fingerprint density at radius 1 is 1.15 bits per heavy atom. The van der Waals surface area contributed by atoms with Crippen molar-refractivity contribution in [3.63, 3.8) is 0 Å². The summed E-state index contributed by atoms with van der Waals surface area (Å²) in [6.07, 6.45) is 3.32. The number of nitrogens with one attached hydrogen (secondary N) is 3. The van der Waals surface area contributed by atoms with E-state index in [1.54, 1.807) is 0 Å². The van der Waals surface area contributed by atoms with Crippen molar-refractivity contribution in [3.8, 4) is 0 Å². The molecule has 1 aliphatic heterocycles. The Hall–Kier alpha value is -2.21. The lowest BCUT2D eigenvalue weighted by Gasteiger charge is -2.33. The Morgan fingerprint density at radius 3 is 2.67 bits per heavy atom. The van der Waals surface area contributed by atoms with E-state index in [4.69, 9.17) is 4.99 Å². The number of benzene rings is 1. The van der Waals surface area contributed by atoms with Gasteiger partial charge >= 0.3 is 0 Å². The average molecular weight is 386 g/mol. The molecule has 1 aromatic carbocycles. The van der Waals surface area contributed by atoms with Gasteiger partial charge in [-0.25, -0.2) is 0 Å². The first kappa shape index (κ1) is 19.5. The molecule has 0 amide bonds. The van der Waals surface area contributed by atoms with E-state index in [1.807, 2.05) is 17.4 Å². The summed E-state index contributed by atoms with van der Waals surface area (Å²) >= 11 is 1.83. The lowest BCUT2D eigenvalue weighted by molar-refractivity contribution is 0.463. The second-order valence-corrected chi connectivity index (χ2v) is 7.69. The zero-order valence-electron chi connectivity index (χ0n) is 16.2. The molecule has 0 radical (unpaired) electrons. The van der Waals surface area contributed by atoms with Gasteiger partial charge in [0.05, 0.1) is 5.00 Å². The first-order valence-electron chi connectivity index (χ1n) is 9.97. The third-order valence-corrected chi connectivity index (χ3v) is 5.63. The van der Waals surface area contributed by atoms with Crippen molar-refractivity contribution < 1.29 is 0 Å². The van der Waals surface area contributed by atoms with E-state index in [-0.39, 0.29) is 0 Å². The summed E-state index contributed by atoms with van der Waals surface area (Å²) in [5.74, 6) is 0.951. The summed E-state index contributed by atoms with van der Waals surface area (Å²) in [5, 5.41) is 14.0. The van der Waals surface area contributed by atoms with Crippen molar-refractivity contribution >= 4 is 28.0 Å². The molecule has 146 valence electrons. The Morgan fingerprint density at radius 2 is 1.96 bits per heavy atom. The monoisotopic (exact) mass is 385 g/mol. The number of aliphatic imine (C=N–C) groups is 1. The number of hydrogen-bond donors (Lipinski definition) is 3. The normalized spacial score (nSPS) is 15.6. The predicted molar refractivity (Wildman–Crippen MR) is 118 cm³/mol. The minimum atomic E-state index is 0.501. The number of guanidine groups is 1. The maximum atomic E-state index is 4.75. The summed E-state index contributed by atoms with van der Waals surface area (Å²) in [7, 11) is 0. The molecule has 2 heterocycles. The smallest absolute Gasteiger partial charge is 0.191 e. The number of hydrogen-bond acceptors (Lipinski definition) is 4. The second kappa shape index (κ2) is 10.8. The van der Waals surface area contributed by atoms with Crippen molar-refractivity contribution in [3.05, 3.63) is 47.8 Å². The van der Waals surface area contributed by atoms with Crippen LogP contribution in [0.4, 0.5) is 10.7 Å². The molecule has 5 nitrogen and oxygen atoms in total. The molecule has 1 fully saturated rings. The number of anilines is 2. The van der Waals surface area contributed by atoms with Crippen LogP contribution in [0, 0.1) is 0 Å². The molecule has 1 aromatic heterocycles. The Kier molecular flexibility index (Phi) is 7.84. The predicted octanol–water partition coefficient (Wildman–Crippen LogP) is 3.77. The van der Waals surface area contributed by atoms with Crippen molar-refractivity contribution in [1.29, 1.82) is 0 Å². The highest BCUT2D eigenvalue weighted by Crippen LogP contribution is 2.24. The highest BCUT2D eigenvalue weighted by Gasteiger charge is 2.20. The third-order valence-electron chi connectivity index (χ3n) is 4.71. The van der Waals surface area contributed by atoms with Crippen LogP contribution in [-0.2, 0) is 0 Å². The summed E-state index contributed by atoms with van der Waals surface area (Å²) in [4.78, 5) is 7.24. The topological polar surface area (TPSA) is 51.7 Å². The highest BCUT2D eigenvalue weighted by molar-refractivity contribution is 7.14. The first-order valence-corrected chi connectivity index (χ1v) is 10.9. The van der Waals surface area contributed by atoms with Crippen LogP contribution in [0.25, 0.3) is 0 Å². The van der Waals surface area contributed by atoms with Gasteiger partial charge in [0.25, 0.3) is 0 Å². The quantitative estimate of drug-likeness (QED) is 0.368. The van der Waals surface area contributed by atoms with Crippen LogP contribution in [0.2, 0.25) is 0 Å². The standard InChI is InChI=1S/C21H31N5S/c1-2-22-21(24-14-7-13-23-18-8-4-3-5-9-18)25-19-11-15-26(16-12-19)20-10-6-17-27-20/h3-6,8-10,17,19,23H,2,7,11-16H2,1H3,(H2,22,24,25). The van der Waals surface area contributed by atoms with E-state index < -0.39 is 0 Å². The molecular formula is C21H31N5S. The van der Waals surface area contributed by atoms with Gasteiger partial charge in [-0.1, -0.05) is 18.2 Å². The van der Waals surface area contributed by atoms with Crippen molar-refractivity contribution in [2.24, 2.45) is 4.99 Å². The molecule has 1 saturated heterocycles. The van der Waals surface area contributed by atoms with Gasteiger partial charge in [-0.15, -0.1) is 11.3 Å². The number of piperidine rings is 1. The molecule has 1 aliphatic rings. The van der Waals surface area contributed by atoms with Crippen LogP contribution in [0.5, 0.6) is 0 Å². The fourth-order valence-corrected chi connectivity index (χ4v) is 4.05. The zero-order valence-corrected chi connectivity index (χ0v) is 17.0. The summed E-state index contributed by atoms with van der Waals surface area (Å²) < 4.78 is 0. The van der Waals surface area contributed by atoms with Crippen LogP contribution >= 0.6 is 11.3 Å². The summed E-state index contributed by atoms with van der Waals surface area (Å²) in [6, 6.07) is 15.2. The third kappa shape index (κ3) is 6.47. The molecule has 0 atom stereocenters. The van der Waals surface area contributed by atoms with Gasteiger partial charge in [0.15, 0.2) is 5.96 Å². The number of nitrogens with zero attached hydrogens (tertiary/aromatic N) is 2. The van der Waals surface area contributed by atoms with Crippen molar-refractivity contribution in [1.82, 2.24) is 10.6 Å². The van der Waals surface area contributed by atoms with E-state index in [9.17, 15) is 0 Å². The second-order valence-electron chi connectivity index (χ2n) is 6.76. The van der Waals surface area contributed by atoms with Gasteiger partial charge in [-0.3, -0.25) is 4.99 Å². The van der Waals surface area contributed by atoms with Gasteiger partial charge in [0.1, 0.15) is 0 Å². The number of thiophene rings is 1. The molecule has 2 aromatic rings. The lowest BCUT2D eigenvalue weighted by atomic mass is 10.1. The maximum absolute atomic E-state index is 4.75. The fourth-order valence-electron chi connectivity index (χ4n) is 3.27. The van der Waals surface area contributed by atoms with Crippen molar-refractivity contribution in [2.45, 2.75) is 32.2 Å². The van der Waals surface area contributed by atoms with Crippen LogP contribution in [0.3, 0.4) is 0 Å². The Bertz CT molecular complexity index is 663. The Balaban J connectivity index is 1.38. The van der Waals surface area contributed by atoms with E-state index >= 15 is 0 Å². The molecule has 0 saturated carbocycles. The molecule has 0 aliphatic carbocycles. The zero-order chi connectivity index (χ0) is 18.7. The maximum Gasteiger partial charge on any atom is 0.191 e. The highest BCUT2D eigenvalue weighted by atomic mass is 32.1. The fraction of sp³-hybridized carbons (Fsp3) is 0.476. The van der Waals surface area contributed by atoms with Gasteiger partial charge in [-0.05, 0) is 55.8 Å². The summed E-state index contributed by atoms with van der Waals surface area (Å²) in [5.41, 5.74) is 1.17. The van der Waals surface area contributed by atoms with Gasteiger partial charge < -0.3 is 20.9 Å². The van der Waals surface area contributed by atoms with Crippen LogP contribution in [-0.4, -0.2) is 44.7 Å². The Labute approximate surface area is 166 Å². The number of para-hydroxylation sites is 1. The van der Waals surface area contributed by atoms with Crippen LogP contribution in [0.1, 0.15) is 26.2 Å². The molecule has 6 heteroatoms. The molecular weight excluding hydrogens is 354 g/mol. The lowest BCUT2D eigenvalue weighted by Crippen LogP contribution is -2.48.